The lowest BCUT2D eigenvalue weighted by Gasteiger charge is -2.21. The molecule has 0 aliphatic carbocycles. The topological polar surface area (TPSA) is 52.7 Å². The van der Waals surface area contributed by atoms with E-state index in [1.807, 2.05) is 55.5 Å². The molecule has 0 aromatic heterocycles. The highest BCUT2D eigenvalue weighted by Gasteiger charge is 2.45. The Hall–Kier alpha value is -2.66. The van der Waals surface area contributed by atoms with Crippen molar-refractivity contribution in [1.29, 1.82) is 0 Å². The number of nitrogens with one attached hydrogen (secondary N) is 1. The van der Waals surface area contributed by atoms with Gasteiger partial charge in [0.2, 0.25) is 0 Å². The molecule has 2 aromatic carbocycles. The molecule has 2 aliphatic heterocycles. The number of hydrogen-bond acceptors (Lipinski definition) is 3. The highest BCUT2D eigenvalue weighted by Crippen LogP contribution is 2.30. The molecular formula is C21H23N3O2. The second-order valence-corrected chi connectivity index (χ2v) is 6.91. The van der Waals surface area contributed by atoms with E-state index in [1.165, 1.54) is 10.5 Å². The van der Waals surface area contributed by atoms with E-state index < -0.39 is 6.04 Å². The molecule has 0 spiro atoms. The Balaban J connectivity index is 1.65. The zero-order chi connectivity index (χ0) is 18.1. The summed E-state index contributed by atoms with van der Waals surface area (Å²) in [7, 11) is 0. The van der Waals surface area contributed by atoms with Gasteiger partial charge in [-0.1, -0.05) is 43.3 Å². The van der Waals surface area contributed by atoms with Crippen molar-refractivity contribution in [3.8, 4) is 0 Å². The highest BCUT2D eigenvalue weighted by molar-refractivity contribution is 6.21. The molecule has 2 aliphatic rings. The number of urea groups is 1. The minimum atomic E-state index is -0.434. The minimum Gasteiger partial charge on any atom is -0.312 e. The van der Waals surface area contributed by atoms with E-state index in [0.717, 1.165) is 30.6 Å². The number of rotatable bonds is 5. The van der Waals surface area contributed by atoms with Gasteiger partial charge in [0.15, 0.2) is 0 Å². The van der Waals surface area contributed by atoms with Gasteiger partial charge in [0.05, 0.1) is 5.69 Å². The molecule has 0 radical (unpaired) electrons. The van der Waals surface area contributed by atoms with Crippen molar-refractivity contribution in [2.45, 2.75) is 38.9 Å². The Morgan fingerprint density at radius 3 is 2.58 bits per heavy atom. The molecule has 2 heterocycles. The van der Waals surface area contributed by atoms with Crippen molar-refractivity contribution in [3.63, 3.8) is 0 Å². The van der Waals surface area contributed by atoms with E-state index in [-0.39, 0.29) is 11.9 Å². The summed E-state index contributed by atoms with van der Waals surface area (Å²) in [5.41, 5.74) is 4.15. The molecular weight excluding hydrogens is 326 g/mol. The second kappa shape index (κ2) is 6.92. The first kappa shape index (κ1) is 16.8. The molecule has 1 fully saturated rings. The Morgan fingerprint density at radius 2 is 1.81 bits per heavy atom. The Labute approximate surface area is 153 Å². The average molecular weight is 349 g/mol. The van der Waals surface area contributed by atoms with Gasteiger partial charge in [-0.15, -0.1) is 0 Å². The van der Waals surface area contributed by atoms with Crippen LogP contribution < -0.4 is 10.2 Å². The number of carbonyl (C=O) groups excluding carboxylic acids is 2. The summed E-state index contributed by atoms with van der Waals surface area (Å²) in [5, 5.41) is 3.30. The number of anilines is 1. The molecule has 5 nitrogen and oxygen atoms in total. The number of imide groups is 1. The summed E-state index contributed by atoms with van der Waals surface area (Å²) in [6, 6.07) is 15.1. The van der Waals surface area contributed by atoms with Crippen molar-refractivity contribution in [2.24, 2.45) is 0 Å². The number of amides is 3. The van der Waals surface area contributed by atoms with Gasteiger partial charge in [-0.2, -0.15) is 0 Å². The van der Waals surface area contributed by atoms with Crippen LogP contribution in [-0.4, -0.2) is 29.4 Å². The lowest BCUT2D eigenvalue weighted by molar-refractivity contribution is -0.119. The molecule has 1 N–H and O–H groups in total. The minimum absolute atomic E-state index is 0.127. The Morgan fingerprint density at radius 1 is 1.04 bits per heavy atom. The van der Waals surface area contributed by atoms with Crippen molar-refractivity contribution in [1.82, 2.24) is 10.2 Å². The molecule has 134 valence electrons. The van der Waals surface area contributed by atoms with Gasteiger partial charge in [0, 0.05) is 26.1 Å². The molecule has 5 heteroatoms. The SMILES string of the molecule is CCCN1C(=O)N(c2ccc3c(c2)CNC3)C(=O)C1Cc1ccccc1. The van der Waals surface area contributed by atoms with Crippen LogP contribution >= 0.6 is 0 Å². The van der Waals surface area contributed by atoms with Gasteiger partial charge in [0.25, 0.3) is 5.91 Å². The summed E-state index contributed by atoms with van der Waals surface area (Å²) in [4.78, 5) is 29.3. The van der Waals surface area contributed by atoms with Gasteiger partial charge >= 0.3 is 6.03 Å². The number of hydrogen-bond donors (Lipinski definition) is 1. The molecule has 1 unspecified atom stereocenters. The molecule has 3 amide bonds. The number of benzene rings is 2. The fourth-order valence-electron chi connectivity index (χ4n) is 3.82. The van der Waals surface area contributed by atoms with Crippen LogP contribution in [0.3, 0.4) is 0 Å². The van der Waals surface area contributed by atoms with E-state index in [2.05, 4.69) is 5.32 Å². The first-order valence-corrected chi connectivity index (χ1v) is 9.20. The fraction of sp³-hybridized carbons (Fsp3) is 0.333. The third kappa shape index (κ3) is 2.88. The van der Waals surface area contributed by atoms with E-state index >= 15 is 0 Å². The first-order chi connectivity index (χ1) is 12.7. The van der Waals surface area contributed by atoms with Crippen LogP contribution in [0.2, 0.25) is 0 Å². The maximum atomic E-state index is 13.2. The van der Waals surface area contributed by atoms with Crippen molar-refractivity contribution in [3.05, 3.63) is 65.2 Å². The Kier molecular flexibility index (Phi) is 4.47. The molecule has 2 aromatic rings. The quantitative estimate of drug-likeness (QED) is 0.844. The predicted octanol–water partition coefficient (Wildman–Crippen LogP) is 3.08. The molecule has 26 heavy (non-hydrogen) atoms. The van der Waals surface area contributed by atoms with Crippen LogP contribution in [0.1, 0.15) is 30.0 Å². The van der Waals surface area contributed by atoms with Gasteiger partial charge in [-0.25, -0.2) is 9.69 Å². The van der Waals surface area contributed by atoms with Crippen molar-refractivity contribution in [2.75, 3.05) is 11.4 Å². The number of nitrogens with zero attached hydrogens (tertiary/aromatic N) is 2. The number of carbonyl (C=O) groups is 2. The number of fused-ring (bicyclic) bond motifs is 1. The van der Waals surface area contributed by atoms with Crippen LogP contribution in [0, 0.1) is 0 Å². The zero-order valence-electron chi connectivity index (χ0n) is 14.9. The van der Waals surface area contributed by atoms with Crippen molar-refractivity contribution < 1.29 is 9.59 Å². The van der Waals surface area contributed by atoms with Gasteiger partial charge in [-0.3, -0.25) is 4.79 Å². The van der Waals surface area contributed by atoms with Crippen LogP contribution in [0.5, 0.6) is 0 Å². The zero-order valence-corrected chi connectivity index (χ0v) is 14.9. The summed E-state index contributed by atoms with van der Waals surface area (Å²) in [6.45, 7) is 4.24. The first-order valence-electron chi connectivity index (χ1n) is 9.20. The van der Waals surface area contributed by atoms with Crippen molar-refractivity contribution >= 4 is 17.6 Å². The molecule has 0 bridgehead atoms. The fourth-order valence-corrected chi connectivity index (χ4v) is 3.82. The molecule has 1 atom stereocenters. The Bertz CT molecular complexity index is 834. The lowest BCUT2D eigenvalue weighted by Crippen LogP contribution is -2.37. The third-order valence-corrected chi connectivity index (χ3v) is 5.13. The summed E-state index contributed by atoms with van der Waals surface area (Å²) in [5.74, 6) is -0.127. The highest BCUT2D eigenvalue weighted by atomic mass is 16.2. The van der Waals surface area contributed by atoms with E-state index in [4.69, 9.17) is 0 Å². The van der Waals surface area contributed by atoms with Crippen LogP contribution in [-0.2, 0) is 24.3 Å². The summed E-state index contributed by atoms with van der Waals surface area (Å²) < 4.78 is 0. The van der Waals surface area contributed by atoms with E-state index in [9.17, 15) is 9.59 Å². The normalized spacial score (nSPS) is 19.3. The standard InChI is InChI=1S/C21H23N3O2/c1-2-10-23-19(11-15-6-4-3-5-7-15)20(25)24(21(23)26)18-9-8-16-13-22-14-17(16)12-18/h3-9,12,19,22H,2,10-11,13-14H2,1H3. The average Bonchev–Trinajstić information content (AvgIpc) is 3.21. The van der Waals surface area contributed by atoms with Gasteiger partial charge in [-0.05, 0) is 35.2 Å². The smallest absolute Gasteiger partial charge is 0.312 e. The molecule has 0 saturated carbocycles. The largest absolute Gasteiger partial charge is 0.332 e. The maximum Gasteiger partial charge on any atom is 0.332 e. The second-order valence-electron chi connectivity index (χ2n) is 6.91. The van der Waals surface area contributed by atoms with Crippen LogP contribution in [0.15, 0.2) is 48.5 Å². The summed E-state index contributed by atoms with van der Waals surface area (Å²) in [6.07, 6.45) is 1.38. The van der Waals surface area contributed by atoms with Gasteiger partial charge < -0.3 is 10.2 Å². The maximum absolute atomic E-state index is 13.2. The third-order valence-electron chi connectivity index (χ3n) is 5.13. The summed E-state index contributed by atoms with van der Waals surface area (Å²) >= 11 is 0. The van der Waals surface area contributed by atoms with Crippen LogP contribution in [0.4, 0.5) is 10.5 Å². The predicted molar refractivity (Wildman–Crippen MR) is 101 cm³/mol. The molecule has 1 saturated heterocycles. The van der Waals surface area contributed by atoms with Gasteiger partial charge in [0.1, 0.15) is 6.04 Å². The lowest BCUT2D eigenvalue weighted by atomic mass is 10.0. The van der Waals surface area contributed by atoms with E-state index in [0.29, 0.717) is 18.7 Å². The van der Waals surface area contributed by atoms with Crippen LogP contribution in [0.25, 0.3) is 0 Å². The monoisotopic (exact) mass is 349 g/mol. The molecule has 4 rings (SSSR count). The van der Waals surface area contributed by atoms with E-state index in [1.54, 1.807) is 4.90 Å².